The predicted octanol–water partition coefficient (Wildman–Crippen LogP) is 5.78. The zero-order valence-corrected chi connectivity index (χ0v) is 18.1. The third kappa shape index (κ3) is 3.89. The van der Waals surface area contributed by atoms with Gasteiger partial charge in [-0.25, -0.2) is 9.50 Å². The van der Waals surface area contributed by atoms with E-state index in [0.717, 1.165) is 30.9 Å². The molecule has 0 spiro atoms. The van der Waals surface area contributed by atoms with Gasteiger partial charge in [-0.3, -0.25) is 4.79 Å². The number of amides is 1. The molecule has 1 aliphatic heterocycles. The van der Waals surface area contributed by atoms with Crippen molar-refractivity contribution in [3.05, 3.63) is 52.3 Å². The van der Waals surface area contributed by atoms with Gasteiger partial charge in [0.25, 0.3) is 5.91 Å². The monoisotopic (exact) mass is 450 g/mol. The number of hydrogen-bond donors (Lipinski definition) is 0. The number of nitrogens with zero attached hydrogens (tertiary/aromatic N) is 4. The van der Waals surface area contributed by atoms with E-state index < -0.39 is 17.8 Å². The second-order valence-corrected chi connectivity index (χ2v) is 8.51. The van der Waals surface area contributed by atoms with Crippen molar-refractivity contribution in [1.82, 2.24) is 19.5 Å². The molecule has 0 bridgehead atoms. The molecular weight excluding hydrogens is 429 g/mol. The van der Waals surface area contributed by atoms with Gasteiger partial charge in [0.1, 0.15) is 5.02 Å². The highest BCUT2D eigenvalue weighted by atomic mass is 35.5. The number of benzene rings is 1. The molecule has 164 valence electrons. The molecule has 0 saturated carbocycles. The first-order valence-corrected chi connectivity index (χ1v) is 10.5. The Hall–Kier alpha value is -2.61. The number of hydrogen-bond acceptors (Lipinski definition) is 3. The second-order valence-electron chi connectivity index (χ2n) is 8.13. The fourth-order valence-corrected chi connectivity index (χ4v) is 4.39. The Labute approximate surface area is 182 Å². The summed E-state index contributed by atoms with van der Waals surface area (Å²) in [6.07, 6.45) is -2.07. The van der Waals surface area contributed by atoms with Crippen LogP contribution in [0.2, 0.25) is 5.02 Å². The van der Waals surface area contributed by atoms with Gasteiger partial charge < -0.3 is 4.90 Å². The van der Waals surface area contributed by atoms with Gasteiger partial charge in [-0.2, -0.15) is 18.3 Å². The van der Waals surface area contributed by atoms with Crippen LogP contribution >= 0.6 is 11.6 Å². The molecule has 0 N–H and O–H groups in total. The Bertz CT molecular complexity index is 1130. The van der Waals surface area contributed by atoms with Crippen molar-refractivity contribution in [2.45, 2.75) is 58.3 Å². The number of piperidine rings is 1. The molecule has 9 heteroatoms. The predicted molar refractivity (Wildman–Crippen MR) is 112 cm³/mol. The molecule has 1 fully saturated rings. The van der Waals surface area contributed by atoms with Crippen LogP contribution in [0.25, 0.3) is 16.9 Å². The van der Waals surface area contributed by atoms with Crippen LogP contribution in [0.3, 0.4) is 0 Å². The highest BCUT2D eigenvalue weighted by molar-refractivity contribution is 6.36. The zero-order valence-electron chi connectivity index (χ0n) is 17.4. The first kappa shape index (κ1) is 21.6. The maximum absolute atomic E-state index is 13.9. The summed E-state index contributed by atoms with van der Waals surface area (Å²) in [6.45, 7) is 5.73. The van der Waals surface area contributed by atoms with Gasteiger partial charge in [-0.05, 0) is 46.1 Å². The minimum atomic E-state index is -4.71. The topological polar surface area (TPSA) is 50.5 Å². The van der Waals surface area contributed by atoms with Crippen molar-refractivity contribution in [2.75, 3.05) is 0 Å². The van der Waals surface area contributed by atoms with Crippen LogP contribution in [-0.4, -0.2) is 37.5 Å². The SMILES string of the molecule is Cc1ccc(-c2cc(C(F)(F)F)n3nc(C(=O)N4[C@H](C)CCC[C@@H]4C)c(Cl)c3n2)cc1. The highest BCUT2D eigenvalue weighted by Crippen LogP contribution is 2.35. The molecule has 3 aromatic rings. The van der Waals surface area contributed by atoms with Gasteiger partial charge >= 0.3 is 6.18 Å². The fraction of sp³-hybridized carbons (Fsp3) is 0.409. The lowest BCUT2D eigenvalue weighted by Crippen LogP contribution is -2.47. The Morgan fingerprint density at radius 2 is 1.74 bits per heavy atom. The number of aryl methyl sites for hydroxylation is 1. The quantitative estimate of drug-likeness (QED) is 0.497. The van der Waals surface area contributed by atoms with Crippen molar-refractivity contribution in [3.63, 3.8) is 0 Å². The molecule has 4 rings (SSSR count). The first-order chi connectivity index (χ1) is 14.6. The molecule has 1 aliphatic rings. The Kier molecular flexibility index (Phi) is 5.45. The van der Waals surface area contributed by atoms with Crippen molar-refractivity contribution in [1.29, 1.82) is 0 Å². The summed E-state index contributed by atoms with van der Waals surface area (Å²) in [5.41, 5.74) is 0.172. The molecule has 1 aromatic carbocycles. The van der Waals surface area contributed by atoms with Crippen LogP contribution in [0.5, 0.6) is 0 Å². The number of aromatic nitrogens is 3. The van der Waals surface area contributed by atoms with E-state index in [4.69, 9.17) is 11.6 Å². The van der Waals surface area contributed by atoms with E-state index >= 15 is 0 Å². The molecule has 2 aromatic heterocycles. The minimum Gasteiger partial charge on any atom is -0.332 e. The van der Waals surface area contributed by atoms with E-state index in [1.165, 1.54) is 0 Å². The average molecular weight is 451 g/mol. The molecule has 1 amide bonds. The van der Waals surface area contributed by atoms with E-state index in [0.29, 0.717) is 10.1 Å². The van der Waals surface area contributed by atoms with Gasteiger partial charge in [-0.15, -0.1) is 0 Å². The lowest BCUT2D eigenvalue weighted by molar-refractivity contribution is -0.142. The molecule has 1 saturated heterocycles. The first-order valence-electron chi connectivity index (χ1n) is 10.1. The molecule has 0 aliphatic carbocycles. The van der Waals surface area contributed by atoms with Gasteiger partial charge in [0.15, 0.2) is 17.0 Å². The maximum Gasteiger partial charge on any atom is 0.433 e. The number of fused-ring (bicyclic) bond motifs is 1. The molecule has 0 radical (unpaired) electrons. The zero-order chi connectivity index (χ0) is 22.5. The fourth-order valence-electron chi connectivity index (χ4n) is 4.15. The number of carbonyl (C=O) groups is 1. The number of carbonyl (C=O) groups excluding carboxylic acids is 1. The summed E-state index contributed by atoms with van der Waals surface area (Å²) >= 11 is 6.41. The van der Waals surface area contributed by atoms with Crippen molar-refractivity contribution in [2.24, 2.45) is 0 Å². The number of halogens is 4. The van der Waals surface area contributed by atoms with E-state index in [1.54, 1.807) is 29.2 Å². The number of likely N-dealkylation sites (tertiary alicyclic amines) is 1. The minimum absolute atomic E-state index is 0.0460. The maximum atomic E-state index is 13.9. The van der Waals surface area contributed by atoms with E-state index in [1.807, 2.05) is 20.8 Å². The summed E-state index contributed by atoms with van der Waals surface area (Å²) in [6, 6.07) is 7.82. The Morgan fingerprint density at radius 1 is 1.13 bits per heavy atom. The highest BCUT2D eigenvalue weighted by Gasteiger charge is 2.38. The van der Waals surface area contributed by atoms with Crippen LogP contribution < -0.4 is 0 Å². The van der Waals surface area contributed by atoms with Crippen molar-refractivity contribution >= 4 is 23.2 Å². The number of alkyl halides is 3. The van der Waals surface area contributed by atoms with Gasteiger partial charge in [-0.1, -0.05) is 41.4 Å². The van der Waals surface area contributed by atoms with Gasteiger partial charge in [0, 0.05) is 17.6 Å². The lowest BCUT2D eigenvalue weighted by Gasteiger charge is -2.38. The Balaban J connectivity index is 1.89. The molecule has 2 atom stereocenters. The Morgan fingerprint density at radius 3 is 2.32 bits per heavy atom. The van der Waals surface area contributed by atoms with Crippen molar-refractivity contribution < 1.29 is 18.0 Å². The largest absolute Gasteiger partial charge is 0.433 e. The molecule has 3 heterocycles. The van der Waals surface area contributed by atoms with Crippen LogP contribution in [0.1, 0.15) is 54.9 Å². The summed E-state index contributed by atoms with van der Waals surface area (Å²) in [5.74, 6) is -0.472. The molecule has 31 heavy (non-hydrogen) atoms. The number of rotatable bonds is 2. The normalized spacial score (nSPS) is 19.8. The molecule has 5 nitrogen and oxygen atoms in total. The van der Waals surface area contributed by atoms with Crippen LogP contribution in [0.15, 0.2) is 30.3 Å². The summed E-state index contributed by atoms with van der Waals surface area (Å²) in [7, 11) is 0. The molecular formula is C22H22ClF3N4O. The molecule has 0 unspecified atom stereocenters. The smallest absolute Gasteiger partial charge is 0.332 e. The third-order valence-electron chi connectivity index (χ3n) is 5.80. The van der Waals surface area contributed by atoms with Crippen LogP contribution in [0.4, 0.5) is 13.2 Å². The van der Waals surface area contributed by atoms with Crippen LogP contribution in [-0.2, 0) is 6.18 Å². The van der Waals surface area contributed by atoms with E-state index in [9.17, 15) is 18.0 Å². The lowest BCUT2D eigenvalue weighted by atomic mass is 9.97. The standard InChI is InChI=1S/C22H22ClF3N4O/c1-12-7-9-15(10-8-12)16-11-17(22(24,25)26)30-20(27-16)18(23)19(28-30)21(31)29-13(2)5-4-6-14(29)3/h7-11,13-14H,4-6H2,1-3H3/t13-,14+. The summed E-state index contributed by atoms with van der Waals surface area (Å²) in [5, 5.41) is 3.81. The van der Waals surface area contributed by atoms with Gasteiger partial charge in [0.05, 0.1) is 5.69 Å². The third-order valence-corrected chi connectivity index (χ3v) is 6.15. The summed E-state index contributed by atoms with van der Waals surface area (Å²) < 4.78 is 42.2. The van der Waals surface area contributed by atoms with Crippen molar-refractivity contribution in [3.8, 4) is 11.3 Å². The van der Waals surface area contributed by atoms with E-state index in [-0.39, 0.29) is 34.1 Å². The second kappa shape index (κ2) is 7.82. The van der Waals surface area contributed by atoms with Crippen LogP contribution in [0, 0.1) is 6.92 Å². The average Bonchev–Trinajstić information content (AvgIpc) is 3.03. The van der Waals surface area contributed by atoms with E-state index in [2.05, 4.69) is 10.1 Å². The van der Waals surface area contributed by atoms with Gasteiger partial charge in [0.2, 0.25) is 0 Å². The summed E-state index contributed by atoms with van der Waals surface area (Å²) in [4.78, 5) is 19.2.